The number of oxazole rings is 1. The monoisotopic (exact) mass is 240 g/mol. The third kappa shape index (κ3) is 2.65. The van der Waals surface area contributed by atoms with Crippen molar-refractivity contribution < 1.29 is 8.83 Å². The summed E-state index contributed by atoms with van der Waals surface area (Å²) >= 11 is 5.68. The molecule has 2 heterocycles. The fraction of sp³-hybridized carbons (Fsp3) is 0.364. The van der Waals surface area contributed by atoms with Crippen LogP contribution in [0, 0.1) is 0 Å². The maximum absolute atomic E-state index is 5.68. The lowest BCUT2D eigenvalue weighted by Gasteiger charge is -1.96. The van der Waals surface area contributed by atoms with Crippen molar-refractivity contribution >= 4 is 11.6 Å². The minimum Gasteiger partial charge on any atom is -0.441 e. The predicted octanol–water partition coefficient (Wildman–Crippen LogP) is 2.74. The molecule has 1 N–H and O–H groups in total. The summed E-state index contributed by atoms with van der Waals surface area (Å²) in [6.45, 7) is 3.86. The molecule has 0 fully saturated rings. The van der Waals surface area contributed by atoms with Gasteiger partial charge in [0.25, 0.3) is 0 Å². The van der Waals surface area contributed by atoms with Crippen molar-refractivity contribution in [1.29, 1.82) is 0 Å². The molecule has 0 aromatic carbocycles. The minimum atomic E-state index is 0.348. The second kappa shape index (κ2) is 5.18. The molecule has 16 heavy (non-hydrogen) atoms. The average Bonchev–Trinajstić information content (AvgIpc) is 2.87. The van der Waals surface area contributed by atoms with E-state index in [0.29, 0.717) is 22.6 Å². The third-order valence-corrected chi connectivity index (χ3v) is 2.34. The van der Waals surface area contributed by atoms with E-state index in [4.69, 9.17) is 20.4 Å². The number of nitrogens with one attached hydrogen (secondary N) is 1. The smallest absolute Gasteiger partial charge is 0.196 e. The molecule has 0 radical (unpaired) electrons. The molecule has 4 nitrogen and oxygen atoms in total. The molecule has 0 aliphatic rings. The van der Waals surface area contributed by atoms with E-state index in [1.807, 2.05) is 0 Å². The fourth-order valence-corrected chi connectivity index (χ4v) is 1.50. The van der Waals surface area contributed by atoms with Gasteiger partial charge < -0.3 is 14.2 Å². The van der Waals surface area contributed by atoms with Crippen molar-refractivity contribution in [2.45, 2.75) is 13.3 Å². The van der Waals surface area contributed by atoms with Crippen molar-refractivity contribution in [3.63, 3.8) is 0 Å². The van der Waals surface area contributed by atoms with E-state index >= 15 is 0 Å². The standard InChI is InChI=1S/C11H13ClN2O2/c1-2-13-6-5-11-14-7-9(16-11)8-3-4-10(12)15-8/h3-4,7,13H,2,5-6H2,1H3. The summed E-state index contributed by atoms with van der Waals surface area (Å²) in [4.78, 5) is 4.16. The molecule has 2 aromatic rings. The number of aromatic nitrogens is 1. The summed E-state index contributed by atoms with van der Waals surface area (Å²) < 4.78 is 10.8. The number of likely N-dealkylation sites (N-methyl/N-ethyl adjacent to an activating group) is 1. The van der Waals surface area contributed by atoms with Crippen LogP contribution in [0.3, 0.4) is 0 Å². The second-order valence-electron chi connectivity index (χ2n) is 3.33. The number of hydrogen-bond acceptors (Lipinski definition) is 4. The third-order valence-electron chi connectivity index (χ3n) is 2.14. The van der Waals surface area contributed by atoms with Gasteiger partial charge in [0.15, 0.2) is 22.6 Å². The van der Waals surface area contributed by atoms with Crippen LogP contribution in [0.15, 0.2) is 27.2 Å². The Balaban J connectivity index is 2.02. The van der Waals surface area contributed by atoms with Gasteiger partial charge in [0.2, 0.25) is 0 Å². The molecular weight excluding hydrogens is 228 g/mol. The van der Waals surface area contributed by atoms with Crippen molar-refractivity contribution in [2.75, 3.05) is 13.1 Å². The topological polar surface area (TPSA) is 51.2 Å². The SMILES string of the molecule is CCNCCc1ncc(-c2ccc(Cl)o2)o1. The quantitative estimate of drug-likeness (QED) is 0.817. The predicted molar refractivity (Wildman–Crippen MR) is 61.5 cm³/mol. The second-order valence-corrected chi connectivity index (χ2v) is 3.70. The van der Waals surface area contributed by atoms with Crippen LogP contribution in [0.1, 0.15) is 12.8 Å². The van der Waals surface area contributed by atoms with Crippen LogP contribution in [0.4, 0.5) is 0 Å². The molecule has 0 spiro atoms. The van der Waals surface area contributed by atoms with E-state index in [9.17, 15) is 0 Å². The zero-order valence-corrected chi connectivity index (χ0v) is 9.75. The summed E-state index contributed by atoms with van der Waals surface area (Å²) in [6, 6.07) is 3.44. The lowest BCUT2D eigenvalue weighted by atomic mass is 10.4. The van der Waals surface area contributed by atoms with Crippen LogP contribution in [0.2, 0.25) is 5.22 Å². The van der Waals surface area contributed by atoms with Crippen LogP contribution in [0.25, 0.3) is 11.5 Å². The van der Waals surface area contributed by atoms with Crippen LogP contribution >= 0.6 is 11.6 Å². The summed E-state index contributed by atoms with van der Waals surface area (Å²) in [5.41, 5.74) is 0. The molecule has 0 bridgehead atoms. The van der Waals surface area contributed by atoms with Gasteiger partial charge in [-0.3, -0.25) is 0 Å². The average molecular weight is 241 g/mol. The number of hydrogen-bond donors (Lipinski definition) is 1. The Morgan fingerprint density at radius 1 is 1.31 bits per heavy atom. The van der Waals surface area contributed by atoms with Gasteiger partial charge in [0, 0.05) is 13.0 Å². The van der Waals surface area contributed by atoms with Gasteiger partial charge in [0.05, 0.1) is 6.20 Å². The van der Waals surface area contributed by atoms with Gasteiger partial charge in [-0.1, -0.05) is 6.92 Å². The molecule has 0 atom stereocenters. The molecule has 0 saturated heterocycles. The van der Waals surface area contributed by atoms with Crippen LogP contribution in [0.5, 0.6) is 0 Å². The molecule has 0 amide bonds. The molecule has 2 aromatic heterocycles. The Kier molecular flexibility index (Phi) is 3.64. The van der Waals surface area contributed by atoms with Gasteiger partial charge in [0.1, 0.15) is 0 Å². The molecule has 0 aliphatic heterocycles. The number of halogens is 1. The van der Waals surface area contributed by atoms with Crippen LogP contribution in [-0.2, 0) is 6.42 Å². The highest BCUT2D eigenvalue weighted by Gasteiger charge is 2.09. The maximum atomic E-state index is 5.68. The van der Waals surface area contributed by atoms with E-state index in [-0.39, 0.29) is 0 Å². The Hall–Kier alpha value is -1.26. The molecule has 0 saturated carbocycles. The van der Waals surface area contributed by atoms with Crippen LogP contribution < -0.4 is 5.32 Å². The Bertz CT molecular complexity index is 450. The fourth-order valence-electron chi connectivity index (χ4n) is 1.36. The first-order chi connectivity index (χ1) is 7.79. The summed E-state index contributed by atoms with van der Waals surface area (Å²) in [5, 5.41) is 3.55. The van der Waals surface area contributed by atoms with E-state index in [0.717, 1.165) is 19.5 Å². The molecule has 86 valence electrons. The first-order valence-corrected chi connectivity index (χ1v) is 5.58. The molecule has 0 aliphatic carbocycles. The van der Waals surface area contributed by atoms with Gasteiger partial charge >= 0.3 is 0 Å². The van der Waals surface area contributed by atoms with E-state index in [1.54, 1.807) is 18.3 Å². The number of rotatable bonds is 5. The van der Waals surface area contributed by atoms with E-state index < -0.39 is 0 Å². The Morgan fingerprint density at radius 3 is 2.88 bits per heavy atom. The van der Waals surface area contributed by atoms with Crippen molar-refractivity contribution in [3.8, 4) is 11.5 Å². The normalized spacial score (nSPS) is 10.9. The maximum Gasteiger partial charge on any atom is 0.196 e. The summed E-state index contributed by atoms with van der Waals surface area (Å²) in [6.07, 6.45) is 2.42. The molecule has 5 heteroatoms. The van der Waals surface area contributed by atoms with Crippen LogP contribution in [-0.4, -0.2) is 18.1 Å². The number of furan rings is 1. The molecule has 2 rings (SSSR count). The van der Waals surface area contributed by atoms with Crippen molar-refractivity contribution in [2.24, 2.45) is 0 Å². The van der Waals surface area contributed by atoms with E-state index in [2.05, 4.69) is 17.2 Å². The summed E-state index contributed by atoms with van der Waals surface area (Å²) in [7, 11) is 0. The van der Waals surface area contributed by atoms with E-state index in [1.165, 1.54) is 0 Å². The highest BCUT2D eigenvalue weighted by molar-refractivity contribution is 6.28. The van der Waals surface area contributed by atoms with Gasteiger partial charge in [-0.2, -0.15) is 0 Å². The largest absolute Gasteiger partial charge is 0.441 e. The summed E-state index contributed by atoms with van der Waals surface area (Å²) in [5.74, 6) is 1.91. The van der Waals surface area contributed by atoms with Gasteiger partial charge in [-0.25, -0.2) is 4.98 Å². The zero-order chi connectivity index (χ0) is 11.4. The molecular formula is C11H13ClN2O2. The van der Waals surface area contributed by atoms with Crippen molar-refractivity contribution in [3.05, 3.63) is 29.4 Å². The lowest BCUT2D eigenvalue weighted by Crippen LogP contribution is -2.16. The minimum absolute atomic E-state index is 0.348. The first kappa shape index (κ1) is 11.2. The van der Waals surface area contributed by atoms with Gasteiger partial charge in [-0.15, -0.1) is 0 Å². The highest BCUT2D eigenvalue weighted by Crippen LogP contribution is 2.25. The Morgan fingerprint density at radius 2 is 2.19 bits per heavy atom. The zero-order valence-electron chi connectivity index (χ0n) is 9.00. The lowest BCUT2D eigenvalue weighted by molar-refractivity contribution is 0.476. The van der Waals surface area contributed by atoms with Gasteiger partial charge in [-0.05, 0) is 30.3 Å². The first-order valence-electron chi connectivity index (χ1n) is 5.20. The molecule has 0 unspecified atom stereocenters. The Labute approximate surface area is 98.6 Å². The highest BCUT2D eigenvalue weighted by atomic mass is 35.5. The van der Waals surface area contributed by atoms with Crippen molar-refractivity contribution in [1.82, 2.24) is 10.3 Å². The number of nitrogens with zero attached hydrogens (tertiary/aromatic N) is 1.